The Balaban J connectivity index is 1.51. The van der Waals surface area contributed by atoms with Crippen LogP contribution in [-0.2, 0) is 16.0 Å². The number of aliphatic imine (C=N–C) groups is 1. The highest BCUT2D eigenvalue weighted by atomic mass is 16.5. The van der Waals surface area contributed by atoms with E-state index in [9.17, 15) is 4.79 Å². The average molecular weight is 480 g/mol. The highest BCUT2D eigenvalue weighted by Gasteiger charge is 2.50. The van der Waals surface area contributed by atoms with E-state index in [0.29, 0.717) is 37.0 Å². The maximum Gasteiger partial charge on any atom is 0.266 e. The zero-order valence-electron chi connectivity index (χ0n) is 20.5. The molecule has 1 heterocycles. The van der Waals surface area contributed by atoms with E-state index in [2.05, 4.69) is 10.9 Å². The first-order chi connectivity index (χ1) is 17.1. The van der Waals surface area contributed by atoms with Gasteiger partial charge in [0.15, 0.2) is 5.54 Å². The topological polar surface area (TPSA) is 92.2 Å². The number of carbonyl (C=O) groups excluding carboxylic acids is 1. The molecule has 188 valence electrons. The predicted molar refractivity (Wildman–Crippen MR) is 136 cm³/mol. The van der Waals surface area contributed by atoms with E-state index < -0.39 is 11.6 Å². The lowest BCUT2D eigenvalue weighted by Gasteiger charge is -2.29. The number of hydrazine groups is 1. The van der Waals surface area contributed by atoms with E-state index in [1.54, 1.807) is 0 Å². The Morgan fingerprint density at radius 2 is 1.86 bits per heavy atom. The molecule has 0 spiro atoms. The smallest absolute Gasteiger partial charge is 0.266 e. The molecule has 1 saturated carbocycles. The van der Waals surface area contributed by atoms with Gasteiger partial charge in [0.05, 0.1) is 6.61 Å². The molecule has 0 radical (unpaired) electrons. The fraction of sp³-hybridized carbons (Fsp3) is 0.500. The van der Waals surface area contributed by atoms with Gasteiger partial charge in [-0.05, 0) is 55.5 Å². The van der Waals surface area contributed by atoms with E-state index in [4.69, 9.17) is 19.6 Å². The van der Waals surface area contributed by atoms with Crippen LogP contribution in [0, 0.1) is 5.92 Å². The van der Waals surface area contributed by atoms with Crippen molar-refractivity contribution in [2.24, 2.45) is 10.9 Å². The summed E-state index contributed by atoms with van der Waals surface area (Å²) in [7, 11) is 0. The number of carbonyl (C=O) groups is 1. The maximum atomic E-state index is 13.6. The Kier molecular flexibility index (Phi) is 8.77. The lowest BCUT2D eigenvalue weighted by molar-refractivity contribution is -0.129. The number of nitrogens with zero attached hydrogens (tertiary/aromatic N) is 1. The summed E-state index contributed by atoms with van der Waals surface area (Å²) in [5.41, 5.74) is 6.90. The van der Waals surface area contributed by atoms with E-state index in [1.807, 2.05) is 61.5 Å². The molecule has 2 aromatic carbocycles. The van der Waals surface area contributed by atoms with Crippen LogP contribution in [0.1, 0.15) is 56.6 Å². The molecule has 7 nitrogen and oxygen atoms in total. The Hall–Kier alpha value is -2.90. The van der Waals surface area contributed by atoms with Gasteiger partial charge in [0.1, 0.15) is 11.9 Å². The third kappa shape index (κ3) is 6.41. The van der Waals surface area contributed by atoms with Crippen LogP contribution in [0.3, 0.4) is 0 Å². The molecule has 2 atom stereocenters. The molecule has 4 rings (SSSR count). The quantitative estimate of drug-likeness (QED) is 0.337. The number of aliphatic hydroxyl groups is 1. The van der Waals surface area contributed by atoms with Crippen molar-refractivity contribution in [2.45, 2.75) is 63.5 Å². The van der Waals surface area contributed by atoms with Crippen molar-refractivity contribution >= 4 is 11.8 Å². The number of benzene rings is 2. The monoisotopic (exact) mass is 479 g/mol. The van der Waals surface area contributed by atoms with Crippen LogP contribution in [0.4, 0.5) is 0 Å². The SMILES string of the molecule is C[C@@H]1OC(c2ccc(OCCCO)cc2)=N[C@]1(Cc1ccccc1)C(=O)NNCC1CCCCC1. The Morgan fingerprint density at radius 1 is 1.11 bits per heavy atom. The van der Waals surface area contributed by atoms with Crippen LogP contribution < -0.4 is 15.6 Å². The number of ether oxygens (including phenoxy) is 2. The van der Waals surface area contributed by atoms with Crippen molar-refractivity contribution in [1.29, 1.82) is 0 Å². The molecule has 3 N–H and O–H groups in total. The zero-order chi connectivity index (χ0) is 24.5. The van der Waals surface area contributed by atoms with Crippen LogP contribution in [0.15, 0.2) is 59.6 Å². The molecule has 0 bridgehead atoms. The summed E-state index contributed by atoms with van der Waals surface area (Å²) in [6.07, 6.45) is 6.85. The molecule has 0 saturated heterocycles. The third-order valence-corrected chi connectivity index (χ3v) is 6.96. The highest BCUT2D eigenvalue weighted by molar-refractivity contribution is 6.00. The van der Waals surface area contributed by atoms with Gasteiger partial charge in [-0.2, -0.15) is 0 Å². The highest BCUT2D eigenvalue weighted by Crippen LogP contribution is 2.33. The summed E-state index contributed by atoms with van der Waals surface area (Å²) in [4.78, 5) is 18.5. The Bertz CT molecular complexity index is 973. The molecule has 0 aromatic heterocycles. The van der Waals surface area contributed by atoms with Crippen molar-refractivity contribution < 1.29 is 19.4 Å². The molecule has 0 unspecified atom stereocenters. The molecular weight excluding hydrogens is 442 g/mol. The van der Waals surface area contributed by atoms with Crippen molar-refractivity contribution in [1.82, 2.24) is 10.9 Å². The molecule has 1 amide bonds. The fourth-order valence-electron chi connectivity index (χ4n) is 4.83. The standard InChI is InChI=1S/C28H37N3O4/c1-21-28(19-22-9-4-2-5-10-22,27(33)31-29-20-23-11-6-3-7-12-23)30-26(35-21)24-13-15-25(16-14-24)34-18-8-17-32/h2,4-5,9-10,13-16,21,23,29,32H,3,6-8,11-12,17-20H2,1H3,(H,31,33)/t21-,28-/m0/s1. The van der Waals surface area contributed by atoms with Gasteiger partial charge in [-0.3, -0.25) is 10.2 Å². The first-order valence-electron chi connectivity index (χ1n) is 12.8. The first kappa shape index (κ1) is 25.2. The minimum Gasteiger partial charge on any atom is -0.494 e. The molecule has 1 aliphatic carbocycles. The average Bonchev–Trinajstić information content (AvgIpc) is 3.22. The molecule has 2 aromatic rings. The van der Waals surface area contributed by atoms with Crippen LogP contribution in [-0.4, -0.2) is 48.3 Å². The Labute approximate surface area is 207 Å². The lowest BCUT2D eigenvalue weighted by atomic mass is 9.86. The summed E-state index contributed by atoms with van der Waals surface area (Å²) in [5.74, 6) is 1.60. The predicted octanol–water partition coefficient (Wildman–Crippen LogP) is 3.80. The van der Waals surface area contributed by atoms with Crippen LogP contribution in [0.5, 0.6) is 5.75 Å². The first-order valence-corrected chi connectivity index (χ1v) is 12.8. The van der Waals surface area contributed by atoms with Crippen LogP contribution in [0.25, 0.3) is 0 Å². The van der Waals surface area contributed by atoms with Crippen molar-refractivity contribution in [3.8, 4) is 5.75 Å². The second-order valence-corrected chi connectivity index (χ2v) is 9.55. The number of amides is 1. The minimum atomic E-state index is -1.08. The van der Waals surface area contributed by atoms with Crippen LogP contribution >= 0.6 is 0 Å². The minimum absolute atomic E-state index is 0.0989. The largest absolute Gasteiger partial charge is 0.494 e. The molecular formula is C28H37N3O4. The molecule has 2 aliphatic rings. The number of aliphatic hydroxyl groups excluding tert-OH is 1. The maximum absolute atomic E-state index is 13.6. The van der Waals surface area contributed by atoms with E-state index in [1.165, 1.54) is 32.1 Å². The summed E-state index contributed by atoms with van der Waals surface area (Å²) in [6, 6.07) is 17.4. The van der Waals surface area contributed by atoms with Crippen molar-refractivity contribution in [3.63, 3.8) is 0 Å². The Morgan fingerprint density at radius 3 is 2.57 bits per heavy atom. The van der Waals surface area contributed by atoms with Crippen LogP contribution in [0.2, 0.25) is 0 Å². The number of rotatable bonds is 11. The number of hydrogen-bond donors (Lipinski definition) is 3. The van der Waals surface area contributed by atoms with E-state index in [-0.39, 0.29) is 12.5 Å². The molecule has 35 heavy (non-hydrogen) atoms. The van der Waals surface area contributed by atoms with Gasteiger partial charge in [-0.15, -0.1) is 0 Å². The third-order valence-electron chi connectivity index (χ3n) is 6.96. The van der Waals surface area contributed by atoms with Crippen molar-refractivity contribution in [3.05, 3.63) is 65.7 Å². The molecule has 1 fully saturated rings. The van der Waals surface area contributed by atoms with Gasteiger partial charge < -0.3 is 14.6 Å². The lowest BCUT2D eigenvalue weighted by Crippen LogP contribution is -2.56. The van der Waals surface area contributed by atoms with Gasteiger partial charge in [-0.1, -0.05) is 49.6 Å². The summed E-state index contributed by atoms with van der Waals surface area (Å²) >= 11 is 0. The molecule has 7 heteroatoms. The van der Waals surface area contributed by atoms with Gasteiger partial charge in [-0.25, -0.2) is 10.4 Å². The van der Waals surface area contributed by atoms with E-state index >= 15 is 0 Å². The second kappa shape index (κ2) is 12.2. The molecule has 1 aliphatic heterocycles. The van der Waals surface area contributed by atoms with Gasteiger partial charge in [0.2, 0.25) is 5.90 Å². The summed E-state index contributed by atoms with van der Waals surface area (Å²) in [5, 5.41) is 8.93. The van der Waals surface area contributed by atoms with Gasteiger partial charge >= 0.3 is 0 Å². The number of hydrogen-bond acceptors (Lipinski definition) is 6. The summed E-state index contributed by atoms with van der Waals surface area (Å²) in [6.45, 7) is 3.24. The fourth-order valence-corrected chi connectivity index (χ4v) is 4.83. The summed E-state index contributed by atoms with van der Waals surface area (Å²) < 4.78 is 11.8. The van der Waals surface area contributed by atoms with E-state index in [0.717, 1.165) is 17.7 Å². The number of nitrogens with one attached hydrogen (secondary N) is 2. The van der Waals surface area contributed by atoms with Gasteiger partial charge in [0.25, 0.3) is 5.91 Å². The van der Waals surface area contributed by atoms with Gasteiger partial charge in [0, 0.05) is 31.6 Å². The normalized spacial score (nSPS) is 22.3. The zero-order valence-corrected chi connectivity index (χ0v) is 20.5. The second-order valence-electron chi connectivity index (χ2n) is 9.55. The van der Waals surface area contributed by atoms with Crippen molar-refractivity contribution in [2.75, 3.05) is 19.8 Å².